The first-order chi connectivity index (χ1) is 11.5. The maximum atomic E-state index is 12.0. The van der Waals surface area contributed by atoms with Gasteiger partial charge in [0, 0.05) is 6.26 Å². The van der Waals surface area contributed by atoms with Gasteiger partial charge in [0.05, 0.1) is 11.8 Å². The van der Waals surface area contributed by atoms with Crippen molar-refractivity contribution in [2.45, 2.75) is 38.5 Å². The number of allylic oxidation sites excluding steroid dienone is 2. The van der Waals surface area contributed by atoms with E-state index in [1.807, 2.05) is 12.2 Å². The quantitative estimate of drug-likeness (QED) is 0.336. The molecule has 1 heterocycles. The third kappa shape index (κ3) is 2.76. The molecule has 5 aliphatic rings. The highest BCUT2D eigenvalue weighted by molar-refractivity contribution is 7.79. The molecular weight excluding hydrogens is 330 g/mol. The average Bonchev–Trinajstić information content (AvgIpc) is 3.35. The molecule has 0 spiro atoms. The SMILES string of the molecule is C1CC2CCC1C2.CS(=O)OON1C(=O)C2C3C=CC(C3)C2C1=O. The van der Waals surface area contributed by atoms with E-state index in [9.17, 15) is 13.8 Å². The molecule has 5 atom stereocenters. The van der Waals surface area contributed by atoms with Crippen molar-refractivity contribution in [3.05, 3.63) is 12.2 Å². The Morgan fingerprint density at radius 1 is 0.958 bits per heavy atom. The van der Waals surface area contributed by atoms with Crippen molar-refractivity contribution >= 4 is 22.9 Å². The predicted molar refractivity (Wildman–Crippen MR) is 85.9 cm³/mol. The molecule has 1 saturated heterocycles. The van der Waals surface area contributed by atoms with Gasteiger partial charge in [-0.2, -0.15) is 0 Å². The Balaban J connectivity index is 0.000000172. The minimum atomic E-state index is -1.68. The fourth-order valence-electron chi connectivity index (χ4n) is 5.20. The van der Waals surface area contributed by atoms with Crippen LogP contribution in [0, 0.1) is 35.5 Å². The molecule has 7 heteroatoms. The Hall–Kier alpha value is -1.05. The molecule has 0 aromatic heterocycles. The molecule has 4 fully saturated rings. The zero-order valence-corrected chi connectivity index (χ0v) is 14.6. The summed E-state index contributed by atoms with van der Waals surface area (Å²) >= 11 is -1.68. The molecule has 5 rings (SSSR count). The van der Waals surface area contributed by atoms with Crippen LogP contribution in [0.2, 0.25) is 0 Å². The summed E-state index contributed by atoms with van der Waals surface area (Å²) in [7, 11) is 0. The van der Waals surface area contributed by atoms with E-state index >= 15 is 0 Å². The van der Waals surface area contributed by atoms with E-state index in [0.29, 0.717) is 5.06 Å². The van der Waals surface area contributed by atoms with Crippen LogP contribution in [0.4, 0.5) is 0 Å². The van der Waals surface area contributed by atoms with Gasteiger partial charge in [-0.15, -0.1) is 9.40 Å². The molecular formula is C17H23NO5S. The molecule has 4 aliphatic carbocycles. The first-order valence-electron chi connectivity index (χ1n) is 8.79. The maximum absolute atomic E-state index is 12.0. The van der Waals surface area contributed by atoms with E-state index in [1.54, 1.807) is 32.1 Å². The van der Waals surface area contributed by atoms with E-state index in [0.717, 1.165) is 6.42 Å². The lowest BCUT2D eigenvalue weighted by molar-refractivity contribution is -0.328. The molecule has 0 N–H and O–H groups in total. The minimum absolute atomic E-state index is 0.127. The maximum Gasteiger partial charge on any atom is 0.260 e. The fraction of sp³-hybridized carbons (Fsp3) is 0.765. The first kappa shape index (κ1) is 16.4. The van der Waals surface area contributed by atoms with Crippen LogP contribution in [0.5, 0.6) is 0 Å². The monoisotopic (exact) mass is 353 g/mol. The number of carbonyl (C=O) groups excluding carboxylic acids is 2. The second-order valence-electron chi connectivity index (χ2n) is 7.64. The number of hydrogen-bond donors (Lipinski definition) is 0. The summed E-state index contributed by atoms with van der Waals surface area (Å²) in [6.45, 7) is 0. The molecule has 0 aromatic rings. The number of rotatable bonds is 3. The molecule has 5 unspecified atom stereocenters. The summed E-state index contributed by atoms with van der Waals surface area (Å²) in [5.74, 6) is 1.17. The lowest BCUT2D eigenvalue weighted by Crippen LogP contribution is -2.33. The number of amides is 2. The van der Waals surface area contributed by atoms with Crippen LogP contribution in [-0.4, -0.2) is 27.3 Å². The molecule has 132 valence electrons. The van der Waals surface area contributed by atoms with Gasteiger partial charge in [0.25, 0.3) is 11.8 Å². The van der Waals surface area contributed by atoms with Crippen molar-refractivity contribution < 1.29 is 23.1 Å². The highest BCUT2D eigenvalue weighted by Crippen LogP contribution is 2.52. The minimum Gasteiger partial charge on any atom is -0.272 e. The van der Waals surface area contributed by atoms with Gasteiger partial charge in [-0.3, -0.25) is 9.59 Å². The van der Waals surface area contributed by atoms with Gasteiger partial charge < -0.3 is 0 Å². The molecule has 0 radical (unpaired) electrons. The van der Waals surface area contributed by atoms with E-state index in [4.69, 9.17) is 0 Å². The highest BCUT2D eigenvalue weighted by atomic mass is 32.2. The van der Waals surface area contributed by atoms with E-state index in [-0.39, 0.29) is 35.5 Å². The Kier molecular flexibility index (Phi) is 4.34. The Bertz CT molecular complexity index is 558. The molecule has 0 aromatic carbocycles. The van der Waals surface area contributed by atoms with Gasteiger partial charge in [-0.1, -0.05) is 42.8 Å². The molecule has 3 saturated carbocycles. The summed E-state index contributed by atoms with van der Waals surface area (Å²) in [5, 5.41) is 0.614. The summed E-state index contributed by atoms with van der Waals surface area (Å²) in [5.41, 5.74) is 0. The third-order valence-electron chi connectivity index (χ3n) is 6.26. The highest BCUT2D eigenvalue weighted by Gasteiger charge is 2.60. The number of hydrogen-bond acceptors (Lipinski definition) is 5. The number of nitrogens with zero attached hydrogens (tertiary/aromatic N) is 1. The van der Waals surface area contributed by atoms with Crippen molar-refractivity contribution in [1.29, 1.82) is 0 Å². The summed E-state index contributed by atoms with van der Waals surface area (Å²) < 4.78 is 15.1. The van der Waals surface area contributed by atoms with Crippen LogP contribution in [-0.2, 0) is 30.0 Å². The smallest absolute Gasteiger partial charge is 0.260 e. The fourth-order valence-corrected chi connectivity index (χ4v) is 5.34. The van der Waals surface area contributed by atoms with Gasteiger partial charge in [-0.25, -0.2) is 4.21 Å². The third-order valence-corrected chi connectivity index (χ3v) is 6.52. The normalized spacial score (nSPS) is 42.5. The van der Waals surface area contributed by atoms with Crippen molar-refractivity contribution in [3.8, 4) is 0 Å². The van der Waals surface area contributed by atoms with Crippen LogP contribution >= 0.6 is 0 Å². The molecule has 6 nitrogen and oxygen atoms in total. The van der Waals surface area contributed by atoms with Gasteiger partial charge in [0.1, 0.15) is 0 Å². The molecule has 2 amide bonds. The Morgan fingerprint density at radius 3 is 1.83 bits per heavy atom. The lowest BCUT2D eigenvalue weighted by Gasteiger charge is -2.13. The lowest BCUT2D eigenvalue weighted by atomic mass is 9.85. The largest absolute Gasteiger partial charge is 0.272 e. The number of imide groups is 1. The van der Waals surface area contributed by atoms with Gasteiger partial charge in [0.2, 0.25) is 0 Å². The van der Waals surface area contributed by atoms with Gasteiger partial charge in [0.15, 0.2) is 11.1 Å². The first-order valence-corrected chi connectivity index (χ1v) is 10.3. The van der Waals surface area contributed by atoms with E-state index in [2.05, 4.69) is 9.32 Å². The van der Waals surface area contributed by atoms with Gasteiger partial charge in [-0.05, 0) is 36.5 Å². The zero-order valence-electron chi connectivity index (χ0n) is 13.8. The topological polar surface area (TPSA) is 72.9 Å². The zero-order chi connectivity index (χ0) is 16.8. The Morgan fingerprint density at radius 2 is 1.46 bits per heavy atom. The van der Waals surface area contributed by atoms with Crippen LogP contribution in [0.1, 0.15) is 38.5 Å². The standard InChI is InChI=1S/C10H11NO5S.C7H12/c1-17(14)16-15-11-9(12)7-5-2-3-6(4-5)8(7)10(11)13;1-2-7-4-3-6(1)5-7/h2-3,5-8H,4H2,1H3;6-7H,1-5H2. The van der Waals surface area contributed by atoms with Crippen LogP contribution in [0.3, 0.4) is 0 Å². The second kappa shape index (κ2) is 6.35. The molecule has 24 heavy (non-hydrogen) atoms. The molecule has 1 aliphatic heterocycles. The summed E-state index contributed by atoms with van der Waals surface area (Å²) in [6.07, 6.45) is 13.9. The van der Waals surface area contributed by atoms with Crippen LogP contribution in [0.25, 0.3) is 0 Å². The second-order valence-corrected chi connectivity index (χ2v) is 8.58. The van der Waals surface area contributed by atoms with E-state index in [1.165, 1.54) is 18.1 Å². The Labute approximate surface area is 144 Å². The summed E-state index contributed by atoms with van der Waals surface area (Å²) in [6, 6.07) is 0. The van der Waals surface area contributed by atoms with E-state index < -0.39 is 11.1 Å². The number of hydroxylamine groups is 2. The average molecular weight is 353 g/mol. The van der Waals surface area contributed by atoms with Crippen LogP contribution in [0.15, 0.2) is 12.2 Å². The predicted octanol–water partition coefficient (Wildman–Crippen LogP) is 2.15. The summed E-state index contributed by atoms with van der Waals surface area (Å²) in [4.78, 5) is 28.5. The van der Waals surface area contributed by atoms with Crippen molar-refractivity contribution in [2.75, 3.05) is 6.26 Å². The number of fused-ring (bicyclic) bond motifs is 7. The number of carbonyl (C=O) groups is 2. The van der Waals surface area contributed by atoms with Crippen molar-refractivity contribution in [1.82, 2.24) is 5.06 Å². The van der Waals surface area contributed by atoms with Crippen molar-refractivity contribution in [3.63, 3.8) is 0 Å². The van der Waals surface area contributed by atoms with Crippen molar-refractivity contribution in [2.24, 2.45) is 35.5 Å². The molecule has 4 bridgehead atoms. The van der Waals surface area contributed by atoms with Gasteiger partial charge >= 0.3 is 0 Å². The van der Waals surface area contributed by atoms with Crippen LogP contribution < -0.4 is 0 Å².